The Morgan fingerprint density at radius 2 is 1.86 bits per heavy atom. The molecule has 3 amide bonds. The third kappa shape index (κ3) is 5.50. The van der Waals surface area contributed by atoms with Crippen molar-refractivity contribution in [1.82, 2.24) is 14.9 Å². The molecule has 2 atom stereocenters. The summed E-state index contributed by atoms with van der Waals surface area (Å²) in [5.41, 5.74) is -0.0248. The number of rotatable bonds is 5. The van der Waals surface area contributed by atoms with E-state index in [0.29, 0.717) is 0 Å². The molecule has 1 saturated heterocycles. The van der Waals surface area contributed by atoms with Gasteiger partial charge in [-0.3, -0.25) is 10.1 Å². The van der Waals surface area contributed by atoms with Crippen molar-refractivity contribution in [3.05, 3.63) is 29.8 Å². The zero-order chi connectivity index (χ0) is 20.9. The fourth-order valence-corrected chi connectivity index (χ4v) is 4.34. The lowest BCUT2D eigenvalue weighted by molar-refractivity contribution is -0.123. The van der Waals surface area contributed by atoms with Gasteiger partial charge in [0.15, 0.2) is 6.61 Å². The molecule has 2 N–H and O–H groups in total. The third-order valence-electron chi connectivity index (χ3n) is 3.91. The van der Waals surface area contributed by atoms with Crippen molar-refractivity contribution in [1.29, 1.82) is 0 Å². The largest absolute Gasteiger partial charge is 0.452 e. The number of imide groups is 1. The first-order valence-corrected chi connectivity index (χ1v) is 10.0. The molecular weight excluding hydrogens is 390 g/mol. The van der Waals surface area contributed by atoms with E-state index in [-0.39, 0.29) is 35.8 Å². The monoisotopic (exact) mass is 413 g/mol. The average Bonchev–Trinajstić information content (AvgIpc) is 2.65. The van der Waals surface area contributed by atoms with Crippen LogP contribution < -0.4 is 10.6 Å². The molecule has 11 heteroatoms. The van der Waals surface area contributed by atoms with Gasteiger partial charge >= 0.3 is 12.0 Å². The molecule has 0 saturated carbocycles. The lowest BCUT2D eigenvalue weighted by atomic mass is 10.2. The second-order valence-corrected chi connectivity index (χ2v) is 8.25. The maximum Gasteiger partial charge on any atom is 0.338 e. The summed E-state index contributed by atoms with van der Waals surface area (Å²) in [6.07, 6.45) is -0.490. The Hall–Kier alpha value is -2.50. The molecule has 0 aromatic heterocycles. The maximum absolute atomic E-state index is 12.9. The molecule has 2 rings (SSSR count). The minimum Gasteiger partial charge on any atom is -0.452 e. The first kappa shape index (κ1) is 21.8. The quantitative estimate of drug-likeness (QED) is 0.654. The van der Waals surface area contributed by atoms with Crippen LogP contribution in [0.25, 0.3) is 0 Å². The predicted molar refractivity (Wildman–Crippen MR) is 98.1 cm³/mol. The smallest absolute Gasteiger partial charge is 0.338 e. The highest BCUT2D eigenvalue weighted by atomic mass is 32.2. The van der Waals surface area contributed by atoms with Crippen LogP contribution in [0.2, 0.25) is 0 Å². The summed E-state index contributed by atoms with van der Waals surface area (Å²) in [6, 6.07) is 4.64. The number of amides is 3. The summed E-state index contributed by atoms with van der Waals surface area (Å²) in [6.45, 7) is 3.31. The molecule has 0 aliphatic carbocycles. The van der Waals surface area contributed by atoms with Crippen molar-refractivity contribution in [2.24, 2.45) is 0 Å². The average molecular weight is 413 g/mol. The first-order valence-electron chi connectivity index (χ1n) is 8.58. The van der Waals surface area contributed by atoms with Gasteiger partial charge in [0.2, 0.25) is 10.0 Å². The summed E-state index contributed by atoms with van der Waals surface area (Å²) in [4.78, 5) is 34.6. The number of esters is 1. The van der Waals surface area contributed by atoms with Crippen LogP contribution in [0, 0.1) is 0 Å². The Kier molecular flexibility index (Phi) is 7.11. The van der Waals surface area contributed by atoms with Crippen molar-refractivity contribution in [3.63, 3.8) is 0 Å². The van der Waals surface area contributed by atoms with Crippen LogP contribution in [0.3, 0.4) is 0 Å². The molecule has 0 radical (unpaired) electrons. The van der Waals surface area contributed by atoms with E-state index in [9.17, 15) is 22.8 Å². The van der Waals surface area contributed by atoms with E-state index < -0.39 is 34.5 Å². The van der Waals surface area contributed by atoms with Crippen LogP contribution in [-0.4, -0.2) is 69.6 Å². The molecule has 1 aliphatic heterocycles. The van der Waals surface area contributed by atoms with Crippen LogP contribution in [0.4, 0.5) is 4.79 Å². The van der Waals surface area contributed by atoms with Crippen LogP contribution in [-0.2, 0) is 24.3 Å². The number of ether oxygens (including phenoxy) is 2. The van der Waals surface area contributed by atoms with Gasteiger partial charge in [-0.2, -0.15) is 4.31 Å². The van der Waals surface area contributed by atoms with Gasteiger partial charge in [0.05, 0.1) is 22.7 Å². The zero-order valence-electron chi connectivity index (χ0n) is 15.8. The second-order valence-electron chi connectivity index (χ2n) is 6.31. The van der Waals surface area contributed by atoms with Gasteiger partial charge < -0.3 is 14.8 Å². The van der Waals surface area contributed by atoms with E-state index in [4.69, 9.17) is 9.47 Å². The highest BCUT2D eigenvalue weighted by Crippen LogP contribution is 2.22. The standard InChI is InChI=1S/C17H23N3O7S/c1-11-8-20(9-12(2)27-11)28(24,25)14-6-4-5-13(7-14)16(22)26-10-15(21)19-17(23)18-3/h4-7,11-12H,8-10H2,1-3H3,(H2,18,19,21,23)/t11-,12-/m1/s1. The Bertz CT molecular complexity index is 846. The number of benzene rings is 1. The number of carbonyl (C=O) groups is 3. The molecule has 1 aromatic carbocycles. The zero-order valence-corrected chi connectivity index (χ0v) is 16.6. The molecule has 1 aromatic rings. The lowest BCUT2D eigenvalue weighted by Gasteiger charge is -2.34. The van der Waals surface area contributed by atoms with E-state index in [1.807, 2.05) is 5.32 Å². The number of sulfonamides is 1. The number of nitrogens with zero attached hydrogens (tertiary/aromatic N) is 1. The SMILES string of the molecule is CNC(=O)NC(=O)COC(=O)c1cccc(S(=O)(=O)N2C[C@@H](C)O[C@H](C)C2)c1. The number of urea groups is 1. The minimum atomic E-state index is -3.82. The van der Waals surface area contributed by atoms with Gasteiger partial charge in [-0.25, -0.2) is 18.0 Å². The molecule has 1 fully saturated rings. The van der Waals surface area contributed by atoms with E-state index in [1.54, 1.807) is 13.8 Å². The van der Waals surface area contributed by atoms with Gasteiger partial charge in [0.1, 0.15) is 0 Å². The van der Waals surface area contributed by atoms with Gasteiger partial charge in [-0.15, -0.1) is 0 Å². The maximum atomic E-state index is 12.9. The van der Waals surface area contributed by atoms with E-state index in [1.165, 1.54) is 35.6 Å². The van der Waals surface area contributed by atoms with Gasteiger partial charge in [-0.1, -0.05) is 6.07 Å². The van der Waals surface area contributed by atoms with Crippen LogP contribution in [0.5, 0.6) is 0 Å². The first-order chi connectivity index (χ1) is 13.1. The molecule has 154 valence electrons. The van der Waals surface area contributed by atoms with Crippen molar-refractivity contribution >= 4 is 27.9 Å². The van der Waals surface area contributed by atoms with Crippen LogP contribution >= 0.6 is 0 Å². The van der Waals surface area contributed by atoms with E-state index in [2.05, 4.69) is 5.32 Å². The number of nitrogens with one attached hydrogen (secondary N) is 2. The second kappa shape index (κ2) is 9.13. The number of hydrogen-bond acceptors (Lipinski definition) is 7. The van der Waals surface area contributed by atoms with Gasteiger partial charge in [-0.05, 0) is 32.0 Å². The Balaban J connectivity index is 2.09. The van der Waals surface area contributed by atoms with Crippen molar-refractivity contribution in [2.75, 3.05) is 26.7 Å². The summed E-state index contributed by atoms with van der Waals surface area (Å²) in [5.74, 6) is -1.69. The summed E-state index contributed by atoms with van der Waals surface area (Å²) >= 11 is 0. The Labute approximate surface area is 163 Å². The van der Waals surface area contributed by atoms with Gasteiger partial charge in [0.25, 0.3) is 5.91 Å². The highest BCUT2D eigenvalue weighted by molar-refractivity contribution is 7.89. The Morgan fingerprint density at radius 3 is 2.46 bits per heavy atom. The van der Waals surface area contributed by atoms with Crippen molar-refractivity contribution in [3.8, 4) is 0 Å². The molecule has 1 heterocycles. The van der Waals surface area contributed by atoms with Crippen molar-refractivity contribution in [2.45, 2.75) is 31.0 Å². The van der Waals surface area contributed by atoms with Gasteiger partial charge in [0, 0.05) is 20.1 Å². The van der Waals surface area contributed by atoms with Crippen LogP contribution in [0.1, 0.15) is 24.2 Å². The fraction of sp³-hybridized carbons (Fsp3) is 0.471. The number of carbonyl (C=O) groups excluding carboxylic acids is 3. The number of hydrogen-bond donors (Lipinski definition) is 2. The summed E-state index contributed by atoms with van der Waals surface area (Å²) < 4.78 is 37.5. The summed E-state index contributed by atoms with van der Waals surface area (Å²) in [7, 11) is -2.49. The van der Waals surface area contributed by atoms with Crippen molar-refractivity contribution < 1.29 is 32.3 Å². The normalized spacial score (nSPS) is 20.2. The lowest BCUT2D eigenvalue weighted by Crippen LogP contribution is -2.48. The third-order valence-corrected chi connectivity index (χ3v) is 5.74. The van der Waals surface area contributed by atoms with Crippen LogP contribution in [0.15, 0.2) is 29.2 Å². The fourth-order valence-electron chi connectivity index (χ4n) is 2.70. The molecule has 28 heavy (non-hydrogen) atoms. The van der Waals surface area contributed by atoms with E-state index >= 15 is 0 Å². The predicted octanol–water partition coefficient (Wildman–Crippen LogP) is 0.0969. The molecule has 1 aliphatic rings. The molecule has 0 bridgehead atoms. The van der Waals surface area contributed by atoms with E-state index in [0.717, 1.165) is 0 Å². The molecular formula is C17H23N3O7S. The number of morpholine rings is 1. The summed E-state index contributed by atoms with van der Waals surface area (Å²) in [5, 5.41) is 4.13. The highest BCUT2D eigenvalue weighted by Gasteiger charge is 2.32. The molecule has 0 unspecified atom stereocenters. The molecule has 0 spiro atoms. The topological polar surface area (TPSA) is 131 Å². The molecule has 10 nitrogen and oxygen atoms in total. The minimum absolute atomic E-state index is 0.0248. The Morgan fingerprint density at radius 1 is 1.21 bits per heavy atom.